The predicted octanol–water partition coefficient (Wildman–Crippen LogP) is 2.73. The highest BCUT2D eigenvalue weighted by Crippen LogP contribution is 2.26. The molecule has 0 N–H and O–H groups in total. The highest BCUT2D eigenvalue weighted by Gasteiger charge is 2.26. The molecule has 0 radical (unpaired) electrons. The average molecular weight is 261 g/mol. The maximum Gasteiger partial charge on any atom is 0.170 e. The summed E-state index contributed by atoms with van der Waals surface area (Å²) >= 11 is 4.91. The van der Waals surface area contributed by atoms with Gasteiger partial charge in [-0.05, 0) is 22.4 Å². The van der Waals surface area contributed by atoms with Gasteiger partial charge >= 0.3 is 0 Å². The lowest BCUT2D eigenvalue weighted by atomic mass is 9.99. The quantitative estimate of drug-likeness (QED) is 0.765. The van der Waals surface area contributed by atoms with Crippen LogP contribution in [0.2, 0.25) is 0 Å². The van der Waals surface area contributed by atoms with Gasteiger partial charge < -0.3 is 4.74 Å². The van der Waals surface area contributed by atoms with Crippen LogP contribution in [0.15, 0.2) is 15.2 Å². The van der Waals surface area contributed by atoms with Crippen molar-refractivity contribution in [1.29, 1.82) is 0 Å². The number of hydrogen-bond donors (Lipinski definition) is 0. The normalized spacial score (nSPS) is 22.1. The fraction of sp³-hybridized carbons (Fsp3) is 0.444. The largest absolute Gasteiger partial charge is 0.381 e. The molecule has 1 saturated heterocycles. The predicted molar refractivity (Wildman–Crippen MR) is 55.3 cm³/mol. The third kappa shape index (κ3) is 1.85. The number of ketones is 1. The average Bonchev–Trinajstić information content (AvgIpc) is 2.72. The summed E-state index contributed by atoms with van der Waals surface area (Å²) in [5, 5.41) is 3.83. The Kier molecular flexibility index (Phi) is 2.81. The first kappa shape index (κ1) is 9.37. The van der Waals surface area contributed by atoms with E-state index in [0.717, 1.165) is 23.1 Å². The van der Waals surface area contributed by atoms with Crippen molar-refractivity contribution >= 4 is 33.0 Å². The van der Waals surface area contributed by atoms with Gasteiger partial charge in [-0.3, -0.25) is 4.79 Å². The molecule has 4 heteroatoms. The van der Waals surface area contributed by atoms with Crippen LogP contribution in [-0.4, -0.2) is 19.0 Å². The second-order valence-corrected chi connectivity index (χ2v) is 4.66. The van der Waals surface area contributed by atoms with Crippen LogP contribution in [0, 0.1) is 5.92 Å². The molecule has 0 spiro atoms. The second-order valence-electron chi connectivity index (χ2n) is 3.06. The fourth-order valence-corrected chi connectivity index (χ4v) is 2.90. The topological polar surface area (TPSA) is 26.3 Å². The molecule has 1 aliphatic rings. The summed E-state index contributed by atoms with van der Waals surface area (Å²) in [4.78, 5) is 11.8. The SMILES string of the molecule is O=C(c1cscc1Br)C1CCOC1. The van der Waals surface area contributed by atoms with Gasteiger partial charge in [-0.1, -0.05) is 0 Å². The van der Waals surface area contributed by atoms with E-state index in [1.807, 2.05) is 10.8 Å². The minimum Gasteiger partial charge on any atom is -0.381 e. The second kappa shape index (κ2) is 3.90. The molecule has 0 aliphatic carbocycles. The summed E-state index contributed by atoms with van der Waals surface area (Å²) in [5.74, 6) is 0.288. The monoisotopic (exact) mass is 260 g/mol. The van der Waals surface area contributed by atoms with E-state index in [9.17, 15) is 4.79 Å². The zero-order valence-corrected chi connectivity index (χ0v) is 9.36. The van der Waals surface area contributed by atoms with Crippen LogP contribution in [-0.2, 0) is 4.74 Å². The van der Waals surface area contributed by atoms with Crippen LogP contribution in [0.3, 0.4) is 0 Å². The molecule has 1 atom stereocenters. The summed E-state index contributed by atoms with van der Waals surface area (Å²) in [6, 6.07) is 0. The molecule has 70 valence electrons. The van der Waals surface area contributed by atoms with Gasteiger partial charge in [0.15, 0.2) is 5.78 Å². The maximum atomic E-state index is 11.8. The van der Waals surface area contributed by atoms with Crippen molar-refractivity contribution in [2.24, 2.45) is 5.92 Å². The highest BCUT2D eigenvalue weighted by molar-refractivity contribution is 9.10. The number of ether oxygens (including phenoxy) is 1. The molecule has 1 aromatic heterocycles. The van der Waals surface area contributed by atoms with Gasteiger partial charge in [0.05, 0.1) is 6.61 Å². The van der Waals surface area contributed by atoms with E-state index in [0.29, 0.717) is 6.61 Å². The first-order chi connectivity index (χ1) is 6.29. The van der Waals surface area contributed by atoms with E-state index in [1.54, 1.807) is 11.3 Å². The number of Topliss-reactive ketones (excluding diaryl/α,β-unsaturated/α-hetero) is 1. The zero-order valence-electron chi connectivity index (χ0n) is 6.96. The molecule has 0 aromatic carbocycles. The Bertz CT molecular complexity index is 315. The zero-order chi connectivity index (χ0) is 9.26. The van der Waals surface area contributed by atoms with E-state index in [1.165, 1.54) is 0 Å². The molecule has 1 unspecified atom stereocenters. The molecule has 1 fully saturated rings. The Labute approximate surface area is 89.0 Å². The minimum atomic E-state index is 0.0749. The van der Waals surface area contributed by atoms with E-state index in [4.69, 9.17) is 4.74 Å². The summed E-state index contributed by atoms with van der Waals surface area (Å²) in [7, 11) is 0. The lowest BCUT2D eigenvalue weighted by molar-refractivity contribution is 0.0900. The van der Waals surface area contributed by atoms with Crippen molar-refractivity contribution in [1.82, 2.24) is 0 Å². The lowest BCUT2D eigenvalue weighted by Crippen LogP contribution is -2.14. The van der Waals surface area contributed by atoms with Gasteiger partial charge in [0.2, 0.25) is 0 Å². The molecular formula is C9H9BrO2S. The van der Waals surface area contributed by atoms with Crippen molar-refractivity contribution in [2.45, 2.75) is 6.42 Å². The van der Waals surface area contributed by atoms with Crippen LogP contribution in [0.25, 0.3) is 0 Å². The Morgan fingerprint density at radius 1 is 1.62 bits per heavy atom. The molecule has 13 heavy (non-hydrogen) atoms. The van der Waals surface area contributed by atoms with E-state index < -0.39 is 0 Å². The summed E-state index contributed by atoms with van der Waals surface area (Å²) in [6.45, 7) is 1.30. The summed E-state index contributed by atoms with van der Waals surface area (Å²) in [5.41, 5.74) is 0.806. The van der Waals surface area contributed by atoms with Crippen LogP contribution in [0.5, 0.6) is 0 Å². The fourth-order valence-electron chi connectivity index (χ4n) is 1.42. The van der Waals surface area contributed by atoms with Crippen LogP contribution < -0.4 is 0 Å². The van der Waals surface area contributed by atoms with Gasteiger partial charge in [0, 0.05) is 33.3 Å². The first-order valence-corrected chi connectivity index (χ1v) is 5.86. The molecule has 0 amide bonds. The molecule has 2 rings (SSSR count). The molecule has 1 aliphatic heterocycles. The lowest BCUT2D eigenvalue weighted by Gasteiger charge is -2.04. The molecule has 2 nitrogen and oxygen atoms in total. The van der Waals surface area contributed by atoms with E-state index in [-0.39, 0.29) is 11.7 Å². The third-order valence-electron chi connectivity index (χ3n) is 2.18. The van der Waals surface area contributed by atoms with Gasteiger partial charge in [-0.15, -0.1) is 0 Å². The third-order valence-corrected chi connectivity index (χ3v) is 3.88. The Balaban J connectivity index is 2.17. The van der Waals surface area contributed by atoms with E-state index >= 15 is 0 Å². The van der Waals surface area contributed by atoms with Crippen molar-refractivity contribution < 1.29 is 9.53 Å². The number of rotatable bonds is 2. The number of carbonyl (C=O) groups is 1. The van der Waals surface area contributed by atoms with Crippen molar-refractivity contribution in [2.75, 3.05) is 13.2 Å². The van der Waals surface area contributed by atoms with E-state index in [2.05, 4.69) is 15.9 Å². The minimum absolute atomic E-state index is 0.0749. The molecule has 2 heterocycles. The molecule has 0 saturated carbocycles. The van der Waals surface area contributed by atoms with Crippen molar-refractivity contribution in [3.05, 3.63) is 20.8 Å². The standard InChI is InChI=1S/C9H9BrO2S/c10-8-5-13-4-7(8)9(11)6-1-2-12-3-6/h4-6H,1-3H2. The van der Waals surface area contributed by atoms with Crippen LogP contribution >= 0.6 is 27.3 Å². The number of hydrogen-bond acceptors (Lipinski definition) is 3. The highest BCUT2D eigenvalue weighted by atomic mass is 79.9. The Hall–Kier alpha value is -0.190. The van der Waals surface area contributed by atoms with Gasteiger partial charge in [-0.25, -0.2) is 0 Å². The van der Waals surface area contributed by atoms with Gasteiger partial charge in [0.1, 0.15) is 0 Å². The van der Waals surface area contributed by atoms with Crippen LogP contribution in [0.4, 0.5) is 0 Å². The molecule has 0 bridgehead atoms. The maximum absolute atomic E-state index is 11.8. The van der Waals surface area contributed by atoms with Gasteiger partial charge in [-0.2, -0.15) is 11.3 Å². The Morgan fingerprint density at radius 2 is 2.46 bits per heavy atom. The van der Waals surface area contributed by atoms with Crippen molar-refractivity contribution in [3.8, 4) is 0 Å². The Morgan fingerprint density at radius 3 is 3.00 bits per heavy atom. The van der Waals surface area contributed by atoms with Gasteiger partial charge in [0.25, 0.3) is 0 Å². The summed E-state index contributed by atoms with van der Waals surface area (Å²) in [6.07, 6.45) is 0.862. The van der Waals surface area contributed by atoms with Crippen LogP contribution in [0.1, 0.15) is 16.8 Å². The summed E-state index contributed by atoms with van der Waals surface area (Å²) < 4.78 is 6.09. The molecule has 1 aromatic rings. The number of thiophene rings is 1. The number of halogens is 1. The van der Waals surface area contributed by atoms with Crippen molar-refractivity contribution in [3.63, 3.8) is 0 Å². The number of carbonyl (C=O) groups excluding carboxylic acids is 1. The first-order valence-electron chi connectivity index (χ1n) is 4.12. The molecular weight excluding hydrogens is 252 g/mol. The smallest absolute Gasteiger partial charge is 0.170 e.